The third-order valence-corrected chi connectivity index (χ3v) is 10.4. The van der Waals surface area contributed by atoms with Crippen molar-refractivity contribution in [1.29, 1.82) is 5.26 Å². The lowest BCUT2D eigenvalue weighted by Crippen LogP contribution is -2.40. The number of hydrogen-bond acceptors (Lipinski definition) is 8. The van der Waals surface area contributed by atoms with Gasteiger partial charge in [-0.05, 0) is 61.4 Å². The van der Waals surface area contributed by atoms with Gasteiger partial charge in [0.25, 0.3) is 11.5 Å². The summed E-state index contributed by atoms with van der Waals surface area (Å²) < 4.78 is 40.6. The molecule has 0 saturated carbocycles. The number of morpholine rings is 1. The van der Waals surface area contributed by atoms with Crippen molar-refractivity contribution in [2.75, 3.05) is 39.4 Å². The maximum atomic E-state index is 13.7. The average molecular weight is 617 g/mol. The van der Waals surface area contributed by atoms with Crippen molar-refractivity contribution in [3.8, 4) is 23.1 Å². The summed E-state index contributed by atoms with van der Waals surface area (Å²) in [5.74, 6) is 0.515. The molecule has 12 heteroatoms. The Morgan fingerprint density at radius 1 is 0.930 bits per heavy atom. The minimum Gasteiger partial charge on any atom is -0.457 e. The average Bonchev–Trinajstić information content (AvgIpc) is 3.81. The first-order valence-corrected chi connectivity index (χ1v) is 16.1. The van der Waals surface area contributed by atoms with Gasteiger partial charge in [0, 0.05) is 37.8 Å². The number of nitriles is 1. The van der Waals surface area contributed by atoms with Crippen LogP contribution in [0.25, 0.3) is 28.7 Å². The second kappa shape index (κ2) is 12.1. The number of thiazole rings is 1. The maximum absolute atomic E-state index is 13.7. The fourth-order valence-electron chi connectivity index (χ4n) is 5.17. The zero-order chi connectivity index (χ0) is 30.0. The lowest BCUT2D eigenvalue weighted by atomic mass is 10.2. The van der Waals surface area contributed by atoms with Gasteiger partial charge in [-0.3, -0.25) is 14.2 Å². The van der Waals surface area contributed by atoms with Gasteiger partial charge < -0.3 is 14.1 Å². The fourth-order valence-corrected chi connectivity index (χ4v) is 7.65. The highest BCUT2D eigenvalue weighted by atomic mass is 32.2. The van der Waals surface area contributed by atoms with Crippen molar-refractivity contribution >= 4 is 38.9 Å². The Morgan fingerprint density at radius 2 is 1.63 bits per heavy atom. The Bertz CT molecular complexity index is 1980. The van der Waals surface area contributed by atoms with Crippen molar-refractivity contribution in [1.82, 2.24) is 13.8 Å². The second-order valence-corrected chi connectivity index (χ2v) is 13.1. The third kappa shape index (κ3) is 5.72. The molecule has 43 heavy (non-hydrogen) atoms. The molecule has 2 aromatic heterocycles. The van der Waals surface area contributed by atoms with Crippen LogP contribution in [0.2, 0.25) is 0 Å². The van der Waals surface area contributed by atoms with Crippen LogP contribution >= 0.6 is 11.3 Å². The number of benzene rings is 2. The number of para-hydroxylation sites is 1. The van der Waals surface area contributed by atoms with Crippen LogP contribution in [0.1, 0.15) is 18.6 Å². The molecule has 2 aliphatic rings. The van der Waals surface area contributed by atoms with E-state index >= 15 is 0 Å². The molecule has 2 aliphatic heterocycles. The van der Waals surface area contributed by atoms with Crippen molar-refractivity contribution in [2.24, 2.45) is 0 Å². The molecule has 4 aromatic rings. The highest BCUT2D eigenvalue weighted by Crippen LogP contribution is 2.25. The van der Waals surface area contributed by atoms with E-state index in [0.29, 0.717) is 66.7 Å². The maximum Gasteiger partial charge on any atom is 0.273 e. The number of amides is 1. The molecule has 0 N–H and O–H groups in total. The number of sulfonamides is 1. The molecule has 220 valence electrons. The minimum absolute atomic E-state index is 0.0697. The van der Waals surface area contributed by atoms with Gasteiger partial charge >= 0.3 is 0 Å². The monoisotopic (exact) mass is 616 g/mol. The number of carbonyl (C=O) groups excluding carboxylic acids is 1. The normalized spacial score (nSPS) is 17.2. The first-order valence-electron chi connectivity index (χ1n) is 13.9. The van der Waals surface area contributed by atoms with E-state index in [2.05, 4.69) is 6.07 Å². The van der Waals surface area contributed by atoms with Crippen LogP contribution in [-0.4, -0.2) is 67.5 Å². The SMILES string of the molecule is N#C/C(C(=O)N1CCCC1)=c1/s/c(=C\c2ccc(-c3ccc(S(=O)(=O)N4CCOCC4)cc3)o2)c(=O)n1-c1ccccc1. The van der Waals surface area contributed by atoms with Crippen LogP contribution < -0.4 is 14.8 Å². The van der Waals surface area contributed by atoms with E-state index in [1.165, 1.54) is 8.87 Å². The summed E-state index contributed by atoms with van der Waals surface area (Å²) in [4.78, 5) is 28.8. The van der Waals surface area contributed by atoms with Gasteiger partial charge in [0.1, 0.15) is 22.3 Å². The molecule has 0 bridgehead atoms. The Morgan fingerprint density at radius 3 is 2.30 bits per heavy atom. The van der Waals surface area contributed by atoms with Gasteiger partial charge in [0.2, 0.25) is 10.0 Å². The highest BCUT2D eigenvalue weighted by Gasteiger charge is 2.27. The quantitative estimate of drug-likeness (QED) is 0.326. The summed E-state index contributed by atoms with van der Waals surface area (Å²) >= 11 is 1.07. The molecule has 0 atom stereocenters. The molecule has 10 nitrogen and oxygen atoms in total. The number of nitrogens with zero attached hydrogens (tertiary/aromatic N) is 4. The number of ether oxygens (including phenoxy) is 1. The van der Waals surface area contributed by atoms with Crippen LogP contribution in [0.5, 0.6) is 0 Å². The molecular formula is C31H28N4O6S2. The molecule has 2 fully saturated rings. The Balaban J connectivity index is 1.37. The zero-order valence-electron chi connectivity index (χ0n) is 23.1. The summed E-state index contributed by atoms with van der Waals surface area (Å²) in [5, 5.41) is 10.0. The van der Waals surface area contributed by atoms with E-state index in [-0.39, 0.29) is 26.6 Å². The molecule has 2 saturated heterocycles. The van der Waals surface area contributed by atoms with Crippen molar-refractivity contribution in [3.63, 3.8) is 0 Å². The van der Waals surface area contributed by atoms with Gasteiger partial charge in [0.05, 0.1) is 28.3 Å². The molecular weight excluding hydrogens is 588 g/mol. The number of carbonyl (C=O) groups is 1. The summed E-state index contributed by atoms with van der Waals surface area (Å²) in [5.41, 5.74) is 0.779. The molecule has 1 amide bonds. The van der Waals surface area contributed by atoms with Crippen molar-refractivity contribution in [3.05, 3.63) is 92.0 Å². The number of likely N-dealkylation sites (tertiary alicyclic amines) is 1. The highest BCUT2D eigenvalue weighted by molar-refractivity contribution is 7.89. The Hall–Kier alpha value is -4.28. The summed E-state index contributed by atoms with van der Waals surface area (Å²) in [6.45, 7) is 2.54. The summed E-state index contributed by atoms with van der Waals surface area (Å²) in [7, 11) is -3.62. The lowest BCUT2D eigenvalue weighted by molar-refractivity contribution is -0.123. The molecule has 0 radical (unpaired) electrons. The van der Waals surface area contributed by atoms with Crippen LogP contribution in [0, 0.1) is 11.3 Å². The van der Waals surface area contributed by atoms with Gasteiger partial charge in [0.15, 0.2) is 5.57 Å². The van der Waals surface area contributed by atoms with E-state index in [9.17, 15) is 23.3 Å². The van der Waals surface area contributed by atoms with Crippen LogP contribution in [0.4, 0.5) is 0 Å². The second-order valence-electron chi connectivity index (χ2n) is 10.1. The van der Waals surface area contributed by atoms with Crippen molar-refractivity contribution in [2.45, 2.75) is 17.7 Å². The smallest absolute Gasteiger partial charge is 0.273 e. The Labute approximate surface area is 252 Å². The number of rotatable bonds is 6. The minimum atomic E-state index is -3.62. The summed E-state index contributed by atoms with van der Waals surface area (Å²) in [6, 6.07) is 20.9. The van der Waals surface area contributed by atoms with Crippen molar-refractivity contribution < 1.29 is 22.4 Å². The molecule has 0 aliphatic carbocycles. The van der Waals surface area contributed by atoms with E-state index in [1.807, 2.05) is 6.07 Å². The van der Waals surface area contributed by atoms with Gasteiger partial charge in [-0.2, -0.15) is 9.57 Å². The Kier molecular flexibility index (Phi) is 8.14. The lowest BCUT2D eigenvalue weighted by Gasteiger charge is -2.26. The zero-order valence-corrected chi connectivity index (χ0v) is 24.8. The first kappa shape index (κ1) is 28.8. The topological polar surface area (TPSA) is 126 Å². The summed E-state index contributed by atoms with van der Waals surface area (Å²) in [6.07, 6.45) is 3.35. The number of furan rings is 1. The predicted octanol–water partition coefficient (Wildman–Crippen LogP) is 2.31. The number of aromatic nitrogens is 1. The van der Waals surface area contributed by atoms with Crippen LogP contribution in [0.15, 0.2) is 80.8 Å². The van der Waals surface area contributed by atoms with E-state index in [1.54, 1.807) is 71.6 Å². The fraction of sp³-hybridized carbons (Fsp3) is 0.258. The van der Waals surface area contributed by atoms with Gasteiger partial charge in [-0.25, -0.2) is 8.42 Å². The van der Waals surface area contributed by atoms with Gasteiger partial charge in [-0.1, -0.05) is 18.2 Å². The third-order valence-electron chi connectivity index (χ3n) is 7.42. The number of hydrogen-bond donors (Lipinski definition) is 0. The van der Waals surface area contributed by atoms with E-state index in [0.717, 1.165) is 24.2 Å². The largest absolute Gasteiger partial charge is 0.457 e. The molecule has 2 aromatic carbocycles. The molecule has 0 unspecified atom stereocenters. The van der Waals surface area contributed by atoms with Crippen LogP contribution in [-0.2, 0) is 19.6 Å². The molecule has 4 heterocycles. The van der Waals surface area contributed by atoms with E-state index < -0.39 is 10.0 Å². The van der Waals surface area contributed by atoms with Gasteiger partial charge in [-0.15, -0.1) is 11.3 Å². The molecule has 0 spiro atoms. The first-order chi connectivity index (χ1) is 20.9. The standard InChI is InChI=1S/C31H28N4O6S2/c32-21-26(29(36)33-14-4-5-15-33)31-35(23-6-2-1-3-7-23)30(37)28(42-31)20-24-10-13-27(41-24)22-8-11-25(12-9-22)43(38,39)34-16-18-40-19-17-34/h1-3,6-13,20H,4-5,14-19H2/b28-20-,31-26-. The van der Waals surface area contributed by atoms with Crippen LogP contribution in [0.3, 0.4) is 0 Å². The predicted molar refractivity (Wildman–Crippen MR) is 161 cm³/mol. The van der Waals surface area contributed by atoms with E-state index in [4.69, 9.17) is 9.15 Å². The molecule has 6 rings (SSSR count).